The Morgan fingerprint density at radius 1 is 1.33 bits per heavy atom. The Hall–Kier alpha value is -2.59. The average molecular weight is 448 g/mol. The molecule has 4 rings (SSSR count). The zero-order valence-corrected chi connectivity index (χ0v) is 18.2. The fraction of sp³-hybridized carbons (Fsp3) is 0.400. The number of methoxy groups -OCH3 is 1. The van der Waals surface area contributed by atoms with Gasteiger partial charge in [0, 0.05) is 23.1 Å². The fourth-order valence-electron chi connectivity index (χ4n) is 3.61. The van der Waals surface area contributed by atoms with Gasteiger partial charge in [-0.15, -0.1) is 23.1 Å². The largest absolute Gasteiger partial charge is 0.497 e. The Kier molecular flexibility index (Phi) is 5.70. The Labute approximate surface area is 181 Å². The van der Waals surface area contributed by atoms with Crippen molar-refractivity contribution >= 4 is 46.0 Å². The van der Waals surface area contributed by atoms with Crippen molar-refractivity contribution in [3.05, 3.63) is 29.6 Å². The molecule has 1 N–H and O–H groups in total. The number of carbonyl (C=O) groups is 3. The van der Waals surface area contributed by atoms with Crippen LogP contribution in [0.25, 0.3) is 11.3 Å². The number of anilines is 1. The number of ether oxygens (including phenoxy) is 2. The van der Waals surface area contributed by atoms with Crippen LogP contribution in [0.4, 0.5) is 5.13 Å². The summed E-state index contributed by atoms with van der Waals surface area (Å²) in [7, 11) is 1.60. The van der Waals surface area contributed by atoms with E-state index in [1.807, 2.05) is 36.6 Å². The summed E-state index contributed by atoms with van der Waals surface area (Å²) < 4.78 is 10.3. The molecule has 10 heteroatoms. The van der Waals surface area contributed by atoms with Crippen LogP contribution in [0.15, 0.2) is 29.6 Å². The van der Waals surface area contributed by atoms with Crippen molar-refractivity contribution in [3.8, 4) is 17.0 Å². The van der Waals surface area contributed by atoms with Crippen molar-refractivity contribution in [2.75, 3.05) is 24.8 Å². The summed E-state index contributed by atoms with van der Waals surface area (Å²) in [5.41, 5.74) is 1.63. The van der Waals surface area contributed by atoms with Crippen LogP contribution in [0.3, 0.4) is 0 Å². The van der Waals surface area contributed by atoms with E-state index in [-0.39, 0.29) is 10.8 Å². The van der Waals surface area contributed by atoms with Crippen molar-refractivity contribution in [2.45, 2.75) is 30.7 Å². The summed E-state index contributed by atoms with van der Waals surface area (Å²) in [4.78, 5) is 42.4. The molecule has 0 bridgehead atoms. The highest BCUT2D eigenvalue weighted by molar-refractivity contribution is 8.01. The second-order valence-corrected chi connectivity index (χ2v) is 9.55. The van der Waals surface area contributed by atoms with Crippen molar-refractivity contribution in [3.63, 3.8) is 0 Å². The minimum Gasteiger partial charge on any atom is -0.497 e. The quantitative estimate of drug-likeness (QED) is 0.680. The molecule has 2 aliphatic heterocycles. The fourth-order valence-corrected chi connectivity index (χ4v) is 5.76. The number of rotatable bonds is 6. The number of amides is 2. The molecule has 1 aromatic carbocycles. The van der Waals surface area contributed by atoms with Crippen LogP contribution in [0.5, 0.6) is 5.75 Å². The van der Waals surface area contributed by atoms with Gasteiger partial charge < -0.3 is 14.4 Å². The van der Waals surface area contributed by atoms with Crippen molar-refractivity contribution in [1.82, 2.24) is 9.88 Å². The van der Waals surface area contributed by atoms with Gasteiger partial charge in [-0.2, -0.15) is 0 Å². The second kappa shape index (κ2) is 8.27. The molecule has 2 atom stereocenters. The average Bonchev–Trinajstić information content (AvgIpc) is 3.42. The lowest BCUT2D eigenvalue weighted by molar-refractivity contribution is -0.155. The number of esters is 1. The Balaban J connectivity index is 1.30. The molecule has 2 amide bonds. The van der Waals surface area contributed by atoms with E-state index in [0.717, 1.165) is 23.4 Å². The summed E-state index contributed by atoms with van der Waals surface area (Å²) >= 11 is 2.87. The van der Waals surface area contributed by atoms with E-state index in [4.69, 9.17) is 9.47 Å². The minimum absolute atomic E-state index is 0.0391. The van der Waals surface area contributed by atoms with E-state index in [2.05, 4.69) is 10.3 Å². The summed E-state index contributed by atoms with van der Waals surface area (Å²) in [6.07, 6.45) is 1.16. The highest BCUT2D eigenvalue weighted by Gasteiger charge is 2.53. The van der Waals surface area contributed by atoms with Gasteiger partial charge in [0.15, 0.2) is 11.7 Å². The molecule has 0 saturated carbocycles. The molecule has 2 fully saturated rings. The zero-order valence-electron chi connectivity index (χ0n) is 16.5. The maximum atomic E-state index is 12.4. The molecule has 2 saturated heterocycles. The molecule has 2 unspecified atom stereocenters. The third-order valence-electron chi connectivity index (χ3n) is 5.20. The number of carbonyl (C=O) groups excluding carboxylic acids is 3. The van der Waals surface area contributed by atoms with Crippen molar-refractivity contribution in [2.24, 2.45) is 0 Å². The molecule has 3 heterocycles. The van der Waals surface area contributed by atoms with Gasteiger partial charge in [0.2, 0.25) is 5.91 Å². The third-order valence-corrected chi connectivity index (χ3v) is 7.46. The molecule has 2 aromatic rings. The monoisotopic (exact) mass is 447 g/mol. The van der Waals surface area contributed by atoms with Gasteiger partial charge in [-0.1, -0.05) is 0 Å². The standard InChI is InChI=1S/C20H21N3O5S2/c1-20-8-7-17(25)23(20)15(11-30-20)18(26)28-9-16(24)22-19-21-14(10-29-19)12-3-5-13(27-2)6-4-12/h3-6,10,15H,7-9,11H2,1-2H3,(H,21,22,24). The van der Waals surface area contributed by atoms with Crippen LogP contribution in [-0.2, 0) is 19.1 Å². The molecule has 30 heavy (non-hydrogen) atoms. The lowest BCUT2D eigenvalue weighted by Gasteiger charge is -2.29. The molecular weight excluding hydrogens is 426 g/mol. The number of hydrogen-bond donors (Lipinski definition) is 1. The molecule has 1 aromatic heterocycles. The predicted octanol–water partition coefficient (Wildman–Crippen LogP) is 2.75. The first-order chi connectivity index (χ1) is 14.4. The molecule has 0 spiro atoms. The maximum Gasteiger partial charge on any atom is 0.330 e. The Morgan fingerprint density at radius 2 is 2.10 bits per heavy atom. The number of aromatic nitrogens is 1. The smallest absolute Gasteiger partial charge is 0.330 e. The topological polar surface area (TPSA) is 97.8 Å². The van der Waals surface area contributed by atoms with Gasteiger partial charge >= 0.3 is 5.97 Å². The molecule has 158 valence electrons. The number of benzene rings is 1. The van der Waals surface area contributed by atoms with E-state index in [1.165, 1.54) is 11.3 Å². The van der Waals surface area contributed by atoms with E-state index < -0.39 is 24.5 Å². The summed E-state index contributed by atoms with van der Waals surface area (Å²) in [5, 5.41) is 4.89. The number of hydrogen-bond acceptors (Lipinski definition) is 8. The Morgan fingerprint density at radius 3 is 2.83 bits per heavy atom. The number of nitrogens with zero attached hydrogens (tertiary/aromatic N) is 2. The van der Waals surface area contributed by atoms with Gasteiger partial charge in [0.1, 0.15) is 11.8 Å². The second-order valence-electron chi connectivity index (χ2n) is 7.19. The van der Waals surface area contributed by atoms with Crippen molar-refractivity contribution < 1.29 is 23.9 Å². The number of fused-ring (bicyclic) bond motifs is 1. The number of thioether (sulfide) groups is 1. The summed E-state index contributed by atoms with van der Waals surface area (Å²) in [5.74, 6) is 0.180. The summed E-state index contributed by atoms with van der Waals surface area (Å²) in [6.45, 7) is 1.54. The summed E-state index contributed by atoms with van der Waals surface area (Å²) in [6, 6.07) is 6.81. The van der Waals surface area contributed by atoms with E-state index in [1.54, 1.807) is 23.8 Å². The number of thiazole rings is 1. The number of nitrogens with one attached hydrogen (secondary N) is 1. The molecule has 0 radical (unpaired) electrons. The van der Waals surface area contributed by atoms with Crippen LogP contribution >= 0.6 is 23.1 Å². The van der Waals surface area contributed by atoms with Crippen LogP contribution < -0.4 is 10.1 Å². The lowest BCUT2D eigenvalue weighted by atomic mass is 10.2. The highest BCUT2D eigenvalue weighted by atomic mass is 32.2. The van der Waals surface area contributed by atoms with Gasteiger partial charge in [-0.3, -0.25) is 14.9 Å². The van der Waals surface area contributed by atoms with Gasteiger partial charge in [0.25, 0.3) is 5.91 Å². The van der Waals surface area contributed by atoms with Gasteiger partial charge in [0.05, 0.1) is 17.7 Å². The molecule has 8 nitrogen and oxygen atoms in total. The van der Waals surface area contributed by atoms with Crippen LogP contribution in [0, 0.1) is 0 Å². The van der Waals surface area contributed by atoms with E-state index in [9.17, 15) is 14.4 Å². The van der Waals surface area contributed by atoms with E-state index >= 15 is 0 Å². The van der Waals surface area contributed by atoms with Crippen LogP contribution in [0.2, 0.25) is 0 Å². The van der Waals surface area contributed by atoms with Crippen molar-refractivity contribution in [1.29, 1.82) is 0 Å². The first-order valence-electron chi connectivity index (χ1n) is 9.42. The van der Waals surface area contributed by atoms with Crippen LogP contribution in [0.1, 0.15) is 19.8 Å². The minimum atomic E-state index is -0.635. The Bertz CT molecular complexity index is 977. The van der Waals surface area contributed by atoms with Gasteiger partial charge in [-0.25, -0.2) is 9.78 Å². The molecule has 2 aliphatic rings. The maximum absolute atomic E-state index is 12.4. The van der Waals surface area contributed by atoms with E-state index in [0.29, 0.717) is 17.3 Å². The molecule has 0 aliphatic carbocycles. The zero-order chi connectivity index (χ0) is 21.3. The lowest BCUT2D eigenvalue weighted by Crippen LogP contribution is -2.47. The van der Waals surface area contributed by atoms with Crippen LogP contribution in [-0.4, -0.2) is 58.0 Å². The predicted molar refractivity (Wildman–Crippen MR) is 114 cm³/mol. The molecular formula is C20H21N3O5S2. The SMILES string of the molecule is COc1ccc(-c2csc(NC(=O)COC(=O)C3CSC4(C)CCC(=O)N34)n2)cc1. The highest BCUT2D eigenvalue weighted by Crippen LogP contribution is 2.47. The van der Waals surface area contributed by atoms with Gasteiger partial charge in [-0.05, 0) is 37.6 Å². The normalized spacial score (nSPS) is 22.7. The first-order valence-corrected chi connectivity index (χ1v) is 11.3. The third kappa shape index (κ3) is 4.01. The first kappa shape index (κ1) is 20.7.